The van der Waals surface area contributed by atoms with Crippen molar-refractivity contribution in [1.29, 1.82) is 0 Å². The molecule has 0 amide bonds. The lowest BCUT2D eigenvalue weighted by Gasteiger charge is -2.31. The van der Waals surface area contributed by atoms with E-state index in [-0.39, 0.29) is 17.2 Å². The first-order chi connectivity index (χ1) is 10.6. The van der Waals surface area contributed by atoms with E-state index in [1.165, 1.54) is 37.8 Å². The Morgan fingerprint density at radius 1 is 1.00 bits per heavy atom. The molecular formula is C18H20O4. The van der Waals surface area contributed by atoms with E-state index in [1.54, 1.807) is 12.1 Å². The minimum absolute atomic E-state index is 0.0151. The van der Waals surface area contributed by atoms with Crippen LogP contribution < -0.4 is 0 Å². The molecule has 2 bridgehead atoms. The number of carboxylic acids is 1. The number of carbonyl (C=O) groups is 2. The number of esters is 1. The average Bonchev–Trinajstić information content (AvgIpc) is 3.19. The number of carboxylic acid groups (broad SMARTS) is 1. The van der Waals surface area contributed by atoms with Gasteiger partial charge in [-0.25, -0.2) is 9.59 Å². The Balaban J connectivity index is 1.51. The van der Waals surface area contributed by atoms with Crippen LogP contribution in [-0.2, 0) is 4.74 Å². The molecule has 0 radical (unpaired) electrons. The van der Waals surface area contributed by atoms with E-state index >= 15 is 0 Å². The zero-order valence-electron chi connectivity index (χ0n) is 12.4. The van der Waals surface area contributed by atoms with Gasteiger partial charge in [0.2, 0.25) is 0 Å². The summed E-state index contributed by atoms with van der Waals surface area (Å²) >= 11 is 0. The van der Waals surface area contributed by atoms with E-state index < -0.39 is 11.9 Å². The Hall–Kier alpha value is -1.84. The number of hydrogen-bond acceptors (Lipinski definition) is 3. The predicted octanol–water partition coefficient (Wildman–Crippen LogP) is 3.37. The van der Waals surface area contributed by atoms with Crippen LogP contribution in [-0.4, -0.2) is 23.1 Å². The van der Waals surface area contributed by atoms with Crippen LogP contribution in [0, 0.1) is 23.7 Å². The number of hydrogen-bond donors (Lipinski definition) is 1. The Kier molecular flexibility index (Phi) is 3.21. The highest BCUT2D eigenvalue weighted by Gasteiger charge is 2.55. The van der Waals surface area contributed by atoms with Crippen molar-refractivity contribution in [2.75, 3.05) is 0 Å². The van der Waals surface area contributed by atoms with Crippen molar-refractivity contribution in [3.8, 4) is 0 Å². The molecule has 5 unspecified atom stereocenters. The third-order valence-electron chi connectivity index (χ3n) is 6.00. The average molecular weight is 300 g/mol. The number of rotatable bonds is 3. The molecule has 4 nitrogen and oxygen atoms in total. The summed E-state index contributed by atoms with van der Waals surface area (Å²) in [7, 11) is 0. The first-order valence-electron chi connectivity index (χ1n) is 8.18. The summed E-state index contributed by atoms with van der Waals surface area (Å²) in [5, 5.41) is 9.20. The van der Waals surface area contributed by atoms with Gasteiger partial charge in [-0.2, -0.15) is 0 Å². The molecule has 0 aliphatic heterocycles. The molecule has 3 aliphatic rings. The number of aromatic carboxylic acids is 1. The van der Waals surface area contributed by atoms with Crippen molar-refractivity contribution in [2.24, 2.45) is 23.7 Å². The molecule has 1 aromatic carbocycles. The van der Waals surface area contributed by atoms with Crippen LogP contribution in [0.15, 0.2) is 24.3 Å². The molecule has 3 aliphatic carbocycles. The van der Waals surface area contributed by atoms with Crippen molar-refractivity contribution >= 4 is 11.9 Å². The van der Waals surface area contributed by atoms with Gasteiger partial charge in [0.1, 0.15) is 6.10 Å². The molecule has 0 heterocycles. The van der Waals surface area contributed by atoms with Gasteiger partial charge >= 0.3 is 11.9 Å². The highest BCUT2D eigenvalue weighted by atomic mass is 16.5. The van der Waals surface area contributed by atoms with Gasteiger partial charge in [-0.3, -0.25) is 0 Å². The third-order valence-corrected chi connectivity index (χ3v) is 6.00. The van der Waals surface area contributed by atoms with Gasteiger partial charge < -0.3 is 9.84 Å². The second-order valence-electron chi connectivity index (χ2n) is 6.95. The van der Waals surface area contributed by atoms with Crippen LogP contribution >= 0.6 is 0 Å². The van der Waals surface area contributed by atoms with Crippen molar-refractivity contribution in [1.82, 2.24) is 0 Å². The second-order valence-corrected chi connectivity index (χ2v) is 6.95. The largest absolute Gasteiger partial charge is 0.478 e. The molecule has 4 rings (SSSR count). The van der Waals surface area contributed by atoms with Crippen LogP contribution in [0.2, 0.25) is 0 Å². The molecule has 1 N–H and O–H groups in total. The van der Waals surface area contributed by atoms with Gasteiger partial charge in [-0.1, -0.05) is 18.6 Å². The summed E-state index contributed by atoms with van der Waals surface area (Å²) in [6.07, 6.45) is 6.06. The number of benzene rings is 1. The van der Waals surface area contributed by atoms with E-state index in [2.05, 4.69) is 0 Å². The quantitative estimate of drug-likeness (QED) is 0.869. The normalized spacial score (nSPS) is 35.4. The van der Waals surface area contributed by atoms with Gasteiger partial charge in [0.15, 0.2) is 0 Å². The second kappa shape index (κ2) is 5.11. The van der Waals surface area contributed by atoms with E-state index in [0.29, 0.717) is 11.8 Å². The number of ether oxygens (including phenoxy) is 1. The molecule has 5 atom stereocenters. The van der Waals surface area contributed by atoms with Gasteiger partial charge in [0.25, 0.3) is 0 Å². The van der Waals surface area contributed by atoms with E-state index in [0.717, 1.165) is 18.3 Å². The van der Waals surface area contributed by atoms with Crippen LogP contribution in [0.5, 0.6) is 0 Å². The van der Waals surface area contributed by atoms with E-state index in [1.807, 2.05) is 0 Å². The maximum Gasteiger partial charge on any atom is 0.339 e. The van der Waals surface area contributed by atoms with Crippen LogP contribution in [0.1, 0.15) is 52.8 Å². The van der Waals surface area contributed by atoms with Crippen molar-refractivity contribution in [3.05, 3.63) is 35.4 Å². The molecule has 0 saturated heterocycles. The van der Waals surface area contributed by atoms with Crippen LogP contribution in [0.25, 0.3) is 0 Å². The fourth-order valence-electron chi connectivity index (χ4n) is 5.19. The van der Waals surface area contributed by atoms with Crippen molar-refractivity contribution < 1.29 is 19.4 Å². The first-order valence-corrected chi connectivity index (χ1v) is 8.18. The first kappa shape index (κ1) is 13.8. The summed E-state index contributed by atoms with van der Waals surface area (Å²) in [4.78, 5) is 23.6. The highest BCUT2D eigenvalue weighted by Crippen LogP contribution is 2.59. The minimum Gasteiger partial charge on any atom is -0.478 e. The molecule has 3 fully saturated rings. The Bertz CT molecular complexity index is 623. The number of carbonyl (C=O) groups excluding carboxylic acids is 1. The topological polar surface area (TPSA) is 63.6 Å². The molecule has 116 valence electrons. The Morgan fingerprint density at radius 3 is 2.50 bits per heavy atom. The zero-order chi connectivity index (χ0) is 15.3. The van der Waals surface area contributed by atoms with Crippen LogP contribution in [0.4, 0.5) is 0 Å². The minimum atomic E-state index is -1.09. The Labute approximate surface area is 129 Å². The van der Waals surface area contributed by atoms with Gasteiger partial charge in [-0.05, 0) is 61.5 Å². The SMILES string of the molecule is O=C(O)c1ccccc1C(=O)OC1CC2CC1C1CCCC21. The predicted molar refractivity (Wildman–Crippen MR) is 79.6 cm³/mol. The summed E-state index contributed by atoms with van der Waals surface area (Å²) in [5.74, 6) is 1.22. The lowest BCUT2D eigenvalue weighted by atomic mass is 9.80. The van der Waals surface area contributed by atoms with E-state index in [9.17, 15) is 14.7 Å². The molecule has 22 heavy (non-hydrogen) atoms. The maximum atomic E-state index is 12.4. The van der Waals surface area contributed by atoms with Gasteiger partial charge in [0.05, 0.1) is 11.1 Å². The summed E-state index contributed by atoms with van der Waals surface area (Å²) in [6.45, 7) is 0. The number of fused-ring (bicyclic) bond motifs is 5. The highest BCUT2D eigenvalue weighted by molar-refractivity contribution is 6.02. The molecule has 1 aromatic rings. The lowest BCUT2D eigenvalue weighted by molar-refractivity contribution is 0.00115. The van der Waals surface area contributed by atoms with Gasteiger partial charge in [-0.15, -0.1) is 0 Å². The van der Waals surface area contributed by atoms with Crippen LogP contribution in [0.3, 0.4) is 0 Å². The molecule has 0 aromatic heterocycles. The fourth-order valence-corrected chi connectivity index (χ4v) is 5.19. The third kappa shape index (κ3) is 2.04. The summed E-state index contributed by atoms with van der Waals surface area (Å²) in [6, 6.07) is 6.29. The van der Waals surface area contributed by atoms with E-state index in [4.69, 9.17) is 4.74 Å². The summed E-state index contributed by atoms with van der Waals surface area (Å²) < 4.78 is 5.73. The smallest absolute Gasteiger partial charge is 0.339 e. The fraction of sp³-hybridized carbons (Fsp3) is 0.556. The van der Waals surface area contributed by atoms with Crippen molar-refractivity contribution in [2.45, 2.75) is 38.2 Å². The Morgan fingerprint density at radius 2 is 1.73 bits per heavy atom. The zero-order valence-corrected chi connectivity index (χ0v) is 12.4. The molecule has 4 heteroatoms. The lowest BCUT2D eigenvalue weighted by Crippen LogP contribution is -2.32. The standard InChI is InChI=1S/C18H20O4/c19-17(20)13-4-1-2-5-14(13)18(21)22-16-9-10-8-15(16)12-7-3-6-11(10)12/h1-2,4-5,10-12,15-16H,3,6-9H2,(H,19,20). The van der Waals surface area contributed by atoms with Crippen molar-refractivity contribution in [3.63, 3.8) is 0 Å². The molecule has 0 spiro atoms. The molecular weight excluding hydrogens is 280 g/mol. The monoisotopic (exact) mass is 300 g/mol. The summed E-state index contributed by atoms with van der Waals surface area (Å²) in [5.41, 5.74) is 0.190. The molecule has 3 saturated carbocycles. The maximum absolute atomic E-state index is 12.4. The van der Waals surface area contributed by atoms with Gasteiger partial charge in [0, 0.05) is 0 Å².